The second kappa shape index (κ2) is 11.2. The van der Waals surface area contributed by atoms with Gasteiger partial charge >= 0.3 is 0 Å². The number of unbranched alkanes of at least 4 members (excludes halogenated alkanes) is 1. The number of nitrogens with zero attached hydrogens (tertiary/aromatic N) is 3. The predicted octanol–water partition coefficient (Wildman–Crippen LogP) is 8.00. The van der Waals surface area contributed by atoms with Crippen molar-refractivity contribution in [3.63, 3.8) is 0 Å². The number of fused-ring (bicyclic) bond motifs is 2. The fourth-order valence-electron chi connectivity index (χ4n) is 6.00. The van der Waals surface area contributed by atoms with Crippen LogP contribution in [0.4, 0.5) is 5.69 Å². The molecule has 1 fully saturated rings. The van der Waals surface area contributed by atoms with Gasteiger partial charge in [-0.15, -0.1) is 0 Å². The van der Waals surface area contributed by atoms with Crippen molar-refractivity contribution in [2.24, 2.45) is 0 Å². The molecule has 1 atom stereocenters. The number of aryl methyl sites for hydroxylation is 2. The van der Waals surface area contributed by atoms with E-state index in [0.29, 0.717) is 25.5 Å². The van der Waals surface area contributed by atoms with Crippen LogP contribution in [0.2, 0.25) is 0 Å². The molecule has 0 N–H and O–H groups in total. The van der Waals surface area contributed by atoms with Crippen LogP contribution in [-0.4, -0.2) is 28.6 Å². The molecule has 6 rings (SSSR count). The Balaban J connectivity index is 1.19. The van der Waals surface area contributed by atoms with Crippen molar-refractivity contribution in [2.75, 3.05) is 18.1 Å². The highest BCUT2D eigenvalue weighted by molar-refractivity contribution is 6.05. The van der Waals surface area contributed by atoms with E-state index in [9.17, 15) is 4.79 Å². The van der Waals surface area contributed by atoms with E-state index >= 15 is 0 Å². The molecule has 1 amide bonds. The normalized spacial score (nSPS) is 15.6. The van der Waals surface area contributed by atoms with Crippen molar-refractivity contribution < 1.29 is 9.53 Å². The Morgan fingerprint density at radius 3 is 2.62 bits per heavy atom. The molecule has 1 unspecified atom stereocenters. The number of hydrogen-bond acceptors (Lipinski definition) is 3. The van der Waals surface area contributed by atoms with E-state index in [1.54, 1.807) is 0 Å². The first kappa shape index (κ1) is 26.1. The van der Waals surface area contributed by atoms with Crippen LogP contribution in [0, 0.1) is 6.92 Å². The minimum atomic E-state index is 0.0519. The van der Waals surface area contributed by atoms with Crippen LogP contribution in [0.5, 0.6) is 5.75 Å². The van der Waals surface area contributed by atoms with Gasteiger partial charge in [0.25, 0.3) is 0 Å². The topological polar surface area (TPSA) is 47.4 Å². The Hall–Kier alpha value is -4.12. The fraction of sp³-hybridized carbons (Fsp3) is 0.314. The monoisotopic (exact) mass is 531 g/mol. The lowest BCUT2D eigenvalue weighted by atomic mass is 10.0. The van der Waals surface area contributed by atoms with E-state index in [4.69, 9.17) is 9.72 Å². The van der Waals surface area contributed by atoms with Crippen LogP contribution in [0.3, 0.4) is 0 Å². The van der Waals surface area contributed by atoms with Crippen molar-refractivity contribution in [1.29, 1.82) is 0 Å². The average Bonchev–Trinajstić information content (AvgIpc) is 3.52. The molecule has 1 saturated heterocycles. The zero-order valence-electron chi connectivity index (χ0n) is 23.6. The quantitative estimate of drug-likeness (QED) is 0.181. The summed E-state index contributed by atoms with van der Waals surface area (Å²) >= 11 is 0. The van der Waals surface area contributed by atoms with E-state index in [-0.39, 0.29) is 11.8 Å². The number of benzene rings is 4. The van der Waals surface area contributed by atoms with Crippen LogP contribution in [0.1, 0.15) is 61.9 Å². The van der Waals surface area contributed by atoms with Crippen LogP contribution in [0.25, 0.3) is 21.8 Å². The summed E-state index contributed by atoms with van der Waals surface area (Å²) in [6.45, 7) is 8.70. The number of carbonyl (C=O) groups excluding carboxylic acids is 1. The molecule has 5 aromatic rings. The number of carbonyl (C=O) groups is 1. The Morgan fingerprint density at radius 2 is 1.75 bits per heavy atom. The first-order valence-electron chi connectivity index (χ1n) is 14.5. The summed E-state index contributed by atoms with van der Waals surface area (Å²) in [4.78, 5) is 20.4. The summed E-state index contributed by atoms with van der Waals surface area (Å²) in [5, 5.41) is 2.26. The third-order valence-corrected chi connectivity index (χ3v) is 8.06. The first-order chi connectivity index (χ1) is 19.5. The molecule has 4 aromatic carbocycles. The number of rotatable bonds is 9. The van der Waals surface area contributed by atoms with Gasteiger partial charge in [-0.3, -0.25) is 4.79 Å². The van der Waals surface area contributed by atoms with Gasteiger partial charge < -0.3 is 14.2 Å². The molecule has 2 heterocycles. The first-order valence-corrected chi connectivity index (χ1v) is 14.5. The van der Waals surface area contributed by atoms with Gasteiger partial charge in [0.05, 0.1) is 23.3 Å². The zero-order valence-corrected chi connectivity index (χ0v) is 23.6. The molecular formula is C35H37N3O2. The second-order valence-corrected chi connectivity index (χ2v) is 11.3. The lowest BCUT2D eigenvalue weighted by molar-refractivity contribution is -0.117. The van der Waals surface area contributed by atoms with Gasteiger partial charge in [-0.1, -0.05) is 74.5 Å². The minimum absolute atomic E-state index is 0.0519. The maximum atomic E-state index is 13.3. The maximum Gasteiger partial charge on any atom is 0.227 e. The molecule has 40 heavy (non-hydrogen) atoms. The molecule has 0 spiro atoms. The molecular weight excluding hydrogens is 494 g/mol. The molecule has 1 aliphatic heterocycles. The van der Waals surface area contributed by atoms with E-state index in [1.807, 2.05) is 29.2 Å². The smallest absolute Gasteiger partial charge is 0.227 e. The Bertz CT molecular complexity index is 1660. The Labute approximate surface area is 236 Å². The number of hydrogen-bond donors (Lipinski definition) is 0. The SMILES string of the molecule is Cc1ccc(C(C)C)c(OCCCCn2c(C3CC(=O)N(c4cccc5ccccc45)C3)nc3ccccc32)c1. The highest BCUT2D eigenvalue weighted by Gasteiger charge is 2.35. The third-order valence-electron chi connectivity index (χ3n) is 8.06. The van der Waals surface area contributed by atoms with E-state index in [2.05, 4.69) is 86.0 Å². The van der Waals surface area contributed by atoms with Gasteiger partial charge in [-0.2, -0.15) is 0 Å². The number of imidazole rings is 1. The standard InChI is InChI=1S/C35H37N3O2/c1-24(2)28-18-17-25(3)21-33(28)40-20-9-8-19-37-32-15-7-6-14-30(32)36-35(37)27-22-34(39)38(23-27)31-16-10-12-26-11-4-5-13-29(26)31/h4-7,10-18,21,24,27H,8-9,19-20,22-23H2,1-3H3. The van der Waals surface area contributed by atoms with Crippen molar-refractivity contribution >= 4 is 33.4 Å². The molecule has 204 valence electrons. The van der Waals surface area contributed by atoms with E-state index < -0.39 is 0 Å². The highest BCUT2D eigenvalue weighted by atomic mass is 16.5. The summed E-state index contributed by atoms with van der Waals surface area (Å²) < 4.78 is 8.59. The summed E-state index contributed by atoms with van der Waals surface area (Å²) in [6.07, 6.45) is 2.40. The van der Waals surface area contributed by atoms with Gasteiger partial charge in [0.1, 0.15) is 11.6 Å². The molecule has 1 aliphatic rings. The van der Waals surface area contributed by atoms with Gasteiger partial charge in [0, 0.05) is 30.8 Å². The number of aromatic nitrogens is 2. The average molecular weight is 532 g/mol. The molecule has 5 nitrogen and oxygen atoms in total. The third kappa shape index (κ3) is 5.08. The zero-order chi connectivity index (χ0) is 27.6. The number of para-hydroxylation sites is 2. The summed E-state index contributed by atoms with van der Waals surface area (Å²) in [5.74, 6) is 2.65. The van der Waals surface area contributed by atoms with Crippen molar-refractivity contribution in [1.82, 2.24) is 9.55 Å². The summed E-state index contributed by atoms with van der Waals surface area (Å²) in [6, 6.07) is 29.3. The second-order valence-electron chi connectivity index (χ2n) is 11.3. The van der Waals surface area contributed by atoms with E-state index in [1.165, 1.54) is 11.1 Å². The Kier molecular flexibility index (Phi) is 7.29. The Morgan fingerprint density at radius 1 is 0.950 bits per heavy atom. The van der Waals surface area contributed by atoms with Crippen molar-refractivity contribution in [2.45, 2.75) is 58.4 Å². The molecule has 1 aromatic heterocycles. The lowest BCUT2D eigenvalue weighted by Gasteiger charge is -2.19. The van der Waals surface area contributed by atoms with Crippen LogP contribution in [0.15, 0.2) is 84.9 Å². The van der Waals surface area contributed by atoms with Gasteiger partial charge in [-0.05, 0) is 66.5 Å². The largest absolute Gasteiger partial charge is 0.493 e. The van der Waals surface area contributed by atoms with Gasteiger partial charge in [0.2, 0.25) is 5.91 Å². The predicted molar refractivity (Wildman–Crippen MR) is 163 cm³/mol. The lowest BCUT2D eigenvalue weighted by Crippen LogP contribution is -2.24. The number of ether oxygens (including phenoxy) is 1. The maximum absolute atomic E-state index is 13.3. The number of amides is 1. The van der Waals surface area contributed by atoms with Crippen LogP contribution >= 0.6 is 0 Å². The van der Waals surface area contributed by atoms with E-state index in [0.717, 1.165) is 58.5 Å². The molecule has 0 aliphatic carbocycles. The van der Waals surface area contributed by atoms with Gasteiger partial charge in [-0.25, -0.2) is 4.98 Å². The van der Waals surface area contributed by atoms with Crippen molar-refractivity contribution in [3.8, 4) is 5.75 Å². The molecule has 0 radical (unpaired) electrons. The summed E-state index contributed by atoms with van der Waals surface area (Å²) in [7, 11) is 0. The van der Waals surface area contributed by atoms with Crippen LogP contribution in [-0.2, 0) is 11.3 Å². The fourth-order valence-corrected chi connectivity index (χ4v) is 6.00. The molecule has 5 heteroatoms. The molecule has 0 saturated carbocycles. The number of anilines is 1. The highest BCUT2D eigenvalue weighted by Crippen LogP contribution is 2.36. The van der Waals surface area contributed by atoms with Gasteiger partial charge in [0.15, 0.2) is 0 Å². The van der Waals surface area contributed by atoms with Crippen molar-refractivity contribution in [3.05, 3.63) is 102 Å². The van der Waals surface area contributed by atoms with Crippen LogP contribution < -0.4 is 9.64 Å². The molecule has 0 bridgehead atoms. The summed E-state index contributed by atoms with van der Waals surface area (Å²) in [5.41, 5.74) is 5.59. The minimum Gasteiger partial charge on any atom is -0.493 e.